The standard InChI is InChI=1S/C9H16N4/c1-6-4-10-8-7(2)12-13(3)9(8)11-5-6/h6,10-11H,4-5H2,1-3H3. The molecule has 1 atom stereocenters. The van der Waals surface area contributed by atoms with Gasteiger partial charge in [0.1, 0.15) is 11.5 Å². The number of hydrogen-bond acceptors (Lipinski definition) is 3. The zero-order chi connectivity index (χ0) is 9.42. The Kier molecular flexibility index (Phi) is 1.90. The first-order chi connectivity index (χ1) is 6.18. The first kappa shape index (κ1) is 8.41. The second kappa shape index (κ2) is 2.94. The third kappa shape index (κ3) is 1.36. The first-order valence-corrected chi connectivity index (χ1v) is 4.70. The van der Waals surface area contributed by atoms with E-state index in [-0.39, 0.29) is 0 Å². The Balaban J connectivity index is 2.36. The van der Waals surface area contributed by atoms with Crippen LogP contribution in [0.5, 0.6) is 0 Å². The lowest BCUT2D eigenvalue weighted by molar-refractivity contribution is 0.648. The lowest BCUT2D eigenvalue weighted by Crippen LogP contribution is -2.16. The molecule has 0 saturated heterocycles. The van der Waals surface area contributed by atoms with E-state index in [2.05, 4.69) is 22.7 Å². The van der Waals surface area contributed by atoms with Crippen LogP contribution in [-0.4, -0.2) is 22.9 Å². The molecule has 4 nitrogen and oxygen atoms in total. The molecule has 1 unspecified atom stereocenters. The molecule has 0 saturated carbocycles. The molecule has 2 N–H and O–H groups in total. The lowest BCUT2D eigenvalue weighted by Gasteiger charge is -2.07. The molecule has 0 bridgehead atoms. The SMILES string of the molecule is Cc1nn(C)c2c1NCC(C)CN2. The van der Waals surface area contributed by atoms with Crippen molar-refractivity contribution in [1.82, 2.24) is 9.78 Å². The van der Waals surface area contributed by atoms with Gasteiger partial charge in [-0.05, 0) is 12.8 Å². The quantitative estimate of drug-likeness (QED) is 0.630. The van der Waals surface area contributed by atoms with E-state index < -0.39 is 0 Å². The maximum atomic E-state index is 4.35. The third-order valence-corrected chi connectivity index (χ3v) is 2.47. The van der Waals surface area contributed by atoms with E-state index in [0.29, 0.717) is 5.92 Å². The van der Waals surface area contributed by atoms with Gasteiger partial charge in [-0.25, -0.2) is 0 Å². The predicted octanol–water partition coefficient (Wildman–Crippen LogP) is 1.20. The van der Waals surface area contributed by atoms with Crippen molar-refractivity contribution in [3.8, 4) is 0 Å². The van der Waals surface area contributed by atoms with E-state index in [1.807, 2.05) is 18.7 Å². The summed E-state index contributed by atoms with van der Waals surface area (Å²) in [5.74, 6) is 1.77. The summed E-state index contributed by atoms with van der Waals surface area (Å²) in [6.45, 7) is 6.30. The topological polar surface area (TPSA) is 41.9 Å². The summed E-state index contributed by atoms with van der Waals surface area (Å²) < 4.78 is 1.90. The summed E-state index contributed by atoms with van der Waals surface area (Å²) in [6, 6.07) is 0. The highest BCUT2D eigenvalue weighted by molar-refractivity contribution is 5.68. The zero-order valence-corrected chi connectivity index (χ0v) is 8.39. The van der Waals surface area contributed by atoms with Crippen molar-refractivity contribution in [1.29, 1.82) is 0 Å². The fraction of sp³-hybridized carbons (Fsp3) is 0.667. The third-order valence-electron chi connectivity index (χ3n) is 2.47. The Morgan fingerprint density at radius 2 is 2.08 bits per heavy atom. The zero-order valence-electron chi connectivity index (χ0n) is 8.39. The summed E-state index contributed by atoms with van der Waals surface area (Å²) in [7, 11) is 1.97. The van der Waals surface area contributed by atoms with Crippen LogP contribution in [0, 0.1) is 12.8 Å². The average molecular weight is 180 g/mol. The van der Waals surface area contributed by atoms with Crippen LogP contribution >= 0.6 is 0 Å². The van der Waals surface area contributed by atoms with Crippen LogP contribution in [0.3, 0.4) is 0 Å². The van der Waals surface area contributed by atoms with Gasteiger partial charge in [-0.1, -0.05) is 6.92 Å². The minimum Gasteiger partial charge on any atom is -0.380 e. The largest absolute Gasteiger partial charge is 0.380 e. The van der Waals surface area contributed by atoms with Crippen LogP contribution in [-0.2, 0) is 7.05 Å². The van der Waals surface area contributed by atoms with Crippen molar-refractivity contribution in [3.05, 3.63) is 5.69 Å². The Hall–Kier alpha value is -1.19. The maximum absolute atomic E-state index is 4.35. The summed E-state index contributed by atoms with van der Waals surface area (Å²) >= 11 is 0. The molecule has 0 radical (unpaired) electrons. The average Bonchev–Trinajstić information content (AvgIpc) is 2.27. The summed E-state index contributed by atoms with van der Waals surface area (Å²) in [5, 5.41) is 11.2. The Bertz CT molecular complexity index is 287. The van der Waals surface area contributed by atoms with Gasteiger partial charge in [-0.3, -0.25) is 4.68 Å². The van der Waals surface area contributed by atoms with Gasteiger partial charge in [-0.2, -0.15) is 5.10 Å². The van der Waals surface area contributed by atoms with Crippen LogP contribution in [0.4, 0.5) is 11.5 Å². The second-order valence-corrected chi connectivity index (χ2v) is 3.80. The van der Waals surface area contributed by atoms with Gasteiger partial charge in [0.15, 0.2) is 0 Å². The molecular formula is C9H16N4. The van der Waals surface area contributed by atoms with Crippen LogP contribution < -0.4 is 10.6 Å². The lowest BCUT2D eigenvalue weighted by atomic mass is 10.2. The molecule has 72 valence electrons. The highest BCUT2D eigenvalue weighted by atomic mass is 15.3. The van der Waals surface area contributed by atoms with Crippen LogP contribution in [0.1, 0.15) is 12.6 Å². The molecule has 0 aliphatic carbocycles. The molecular weight excluding hydrogens is 164 g/mol. The number of rotatable bonds is 0. The van der Waals surface area contributed by atoms with Crippen LogP contribution in [0.25, 0.3) is 0 Å². The number of nitrogens with one attached hydrogen (secondary N) is 2. The van der Waals surface area contributed by atoms with Gasteiger partial charge in [0.25, 0.3) is 0 Å². The number of nitrogens with zero attached hydrogens (tertiary/aromatic N) is 2. The van der Waals surface area contributed by atoms with E-state index in [0.717, 1.165) is 30.3 Å². The van der Waals surface area contributed by atoms with Gasteiger partial charge in [0, 0.05) is 20.1 Å². The monoisotopic (exact) mass is 180 g/mol. The van der Waals surface area contributed by atoms with E-state index in [1.165, 1.54) is 0 Å². The molecule has 1 aliphatic heterocycles. The Labute approximate surface area is 78.3 Å². The Morgan fingerprint density at radius 1 is 1.38 bits per heavy atom. The molecule has 0 spiro atoms. The summed E-state index contributed by atoms with van der Waals surface area (Å²) in [6.07, 6.45) is 0. The Morgan fingerprint density at radius 3 is 2.85 bits per heavy atom. The highest BCUT2D eigenvalue weighted by Gasteiger charge is 2.17. The van der Waals surface area contributed by atoms with Crippen LogP contribution in [0.2, 0.25) is 0 Å². The second-order valence-electron chi connectivity index (χ2n) is 3.80. The molecule has 1 aromatic heterocycles. The van der Waals surface area contributed by atoms with E-state index >= 15 is 0 Å². The molecule has 13 heavy (non-hydrogen) atoms. The summed E-state index contributed by atoms with van der Waals surface area (Å²) in [4.78, 5) is 0. The minimum atomic E-state index is 0.659. The van der Waals surface area contributed by atoms with Gasteiger partial charge < -0.3 is 10.6 Å². The van der Waals surface area contributed by atoms with Crippen LogP contribution in [0.15, 0.2) is 0 Å². The van der Waals surface area contributed by atoms with Crippen molar-refractivity contribution in [2.24, 2.45) is 13.0 Å². The fourth-order valence-electron chi connectivity index (χ4n) is 1.69. The van der Waals surface area contributed by atoms with Gasteiger partial charge >= 0.3 is 0 Å². The molecule has 4 heteroatoms. The number of hydrogen-bond donors (Lipinski definition) is 2. The fourth-order valence-corrected chi connectivity index (χ4v) is 1.69. The molecule has 0 fully saturated rings. The normalized spacial score (nSPS) is 21.3. The van der Waals surface area contributed by atoms with Crippen molar-refractivity contribution in [2.45, 2.75) is 13.8 Å². The predicted molar refractivity (Wildman–Crippen MR) is 54.1 cm³/mol. The molecule has 2 rings (SSSR count). The number of fused-ring (bicyclic) bond motifs is 1. The van der Waals surface area contributed by atoms with Crippen molar-refractivity contribution < 1.29 is 0 Å². The highest BCUT2D eigenvalue weighted by Crippen LogP contribution is 2.27. The number of aryl methyl sites for hydroxylation is 2. The molecule has 1 aliphatic rings. The smallest absolute Gasteiger partial charge is 0.147 e. The van der Waals surface area contributed by atoms with Gasteiger partial charge in [-0.15, -0.1) is 0 Å². The molecule has 0 amide bonds. The molecule has 2 heterocycles. The minimum absolute atomic E-state index is 0.659. The number of anilines is 2. The van der Waals surface area contributed by atoms with E-state index in [1.54, 1.807) is 0 Å². The van der Waals surface area contributed by atoms with Gasteiger partial charge in [0.05, 0.1) is 5.69 Å². The van der Waals surface area contributed by atoms with E-state index in [4.69, 9.17) is 0 Å². The number of aromatic nitrogens is 2. The van der Waals surface area contributed by atoms with Crippen molar-refractivity contribution in [3.63, 3.8) is 0 Å². The van der Waals surface area contributed by atoms with Crippen molar-refractivity contribution in [2.75, 3.05) is 23.7 Å². The van der Waals surface area contributed by atoms with Gasteiger partial charge in [0.2, 0.25) is 0 Å². The maximum Gasteiger partial charge on any atom is 0.147 e. The summed E-state index contributed by atoms with van der Waals surface area (Å²) in [5.41, 5.74) is 2.23. The molecule has 1 aromatic rings. The first-order valence-electron chi connectivity index (χ1n) is 4.70. The van der Waals surface area contributed by atoms with E-state index in [9.17, 15) is 0 Å². The molecule has 0 aromatic carbocycles. The van der Waals surface area contributed by atoms with Crippen molar-refractivity contribution >= 4 is 11.5 Å².